The van der Waals surface area contributed by atoms with E-state index in [1.54, 1.807) is 4.72 Å². The molecule has 1 unspecified atom stereocenters. The van der Waals surface area contributed by atoms with Crippen LogP contribution in [-0.2, 0) is 10.0 Å². The van der Waals surface area contributed by atoms with Gasteiger partial charge in [0.25, 0.3) is 5.91 Å². The molecule has 0 fully saturated rings. The number of rotatable bonds is 8. The first-order chi connectivity index (χ1) is 15.8. The summed E-state index contributed by atoms with van der Waals surface area (Å²) in [6.07, 6.45) is 1.76. The average molecular weight is 494 g/mol. The summed E-state index contributed by atoms with van der Waals surface area (Å²) < 4.78 is 63.8. The molecular formula is C23H25F2N3O5S. The third-order valence-electron chi connectivity index (χ3n) is 4.99. The minimum atomic E-state index is -3.87. The molecule has 8 nitrogen and oxygen atoms in total. The third-order valence-corrected chi connectivity index (χ3v) is 5.57. The second kappa shape index (κ2) is 9.80. The van der Waals surface area contributed by atoms with Crippen LogP contribution in [0.25, 0.3) is 0 Å². The van der Waals surface area contributed by atoms with Crippen molar-refractivity contribution in [3.05, 3.63) is 70.6 Å². The lowest BCUT2D eigenvalue weighted by Crippen LogP contribution is -2.27. The van der Waals surface area contributed by atoms with E-state index in [0.717, 1.165) is 35.8 Å². The summed E-state index contributed by atoms with van der Waals surface area (Å²) in [5.74, 6) is -2.04. The lowest BCUT2D eigenvalue weighted by atomic mass is 10.0. The molecule has 0 bridgehead atoms. The monoisotopic (exact) mass is 493 g/mol. The van der Waals surface area contributed by atoms with E-state index in [1.807, 2.05) is 25.1 Å². The van der Waals surface area contributed by atoms with Gasteiger partial charge in [0.05, 0.1) is 12.3 Å². The smallest absolute Gasteiger partial charge is 0.399 e. The number of carbonyl (C=O) groups excluding carboxylic acids is 1. The Balaban J connectivity index is 1.72. The first-order valence-electron chi connectivity index (χ1n) is 10.4. The second-order valence-electron chi connectivity index (χ2n) is 8.21. The largest absolute Gasteiger partial charge is 0.416 e. The third kappa shape index (κ3) is 6.10. The molecule has 3 aromatic rings. The number of nitrogens with zero attached hydrogens (tertiary/aromatic N) is 1. The minimum Gasteiger partial charge on any atom is -0.416 e. The summed E-state index contributed by atoms with van der Waals surface area (Å²) in [5.41, 5.74) is 1.13. The van der Waals surface area contributed by atoms with E-state index in [4.69, 9.17) is 9.15 Å². The van der Waals surface area contributed by atoms with Crippen molar-refractivity contribution in [1.29, 1.82) is 0 Å². The lowest BCUT2D eigenvalue weighted by molar-refractivity contribution is 0.0934. The fraction of sp³-hybridized carbons (Fsp3) is 0.304. The van der Waals surface area contributed by atoms with E-state index in [-0.39, 0.29) is 17.3 Å². The molecule has 1 heterocycles. The van der Waals surface area contributed by atoms with E-state index in [0.29, 0.717) is 11.7 Å². The van der Waals surface area contributed by atoms with Crippen molar-refractivity contribution in [3.63, 3.8) is 0 Å². The van der Waals surface area contributed by atoms with E-state index in [9.17, 15) is 22.0 Å². The first kappa shape index (κ1) is 25.2. The zero-order chi connectivity index (χ0) is 25.2. The maximum absolute atomic E-state index is 14.3. The number of hydrogen-bond acceptors (Lipinski definition) is 6. The van der Waals surface area contributed by atoms with Crippen LogP contribution in [0.15, 0.2) is 41.0 Å². The van der Waals surface area contributed by atoms with Gasteiger partial charge in [0.2, 0.25) is 10.0 Å². The molecule has 1 atom stereocenters. The normalized spacial score (nSPS) is 12.5. The van der Waals surface area contributed by atoms with Crippen molar-refractivity contribution < 1.29 is 31.1 Å². The molecule has 1 amide bonds. The molecule has 2 aromatic carbocycles. The number of anilines is 1. The molecule has 0 aliphatic rings. The summed E-state index contributed by atoms with van der Waals surface area (Å²) in [5, 5.41) is 2.56. The van der Waals surface area contributed by atoms with Crippen LogP contribution in [0.4, 0.5) is 14.5 Å². The Labute approximate surface area is 196 Å². The molecule has 2 N–H and O–H groups in total. The van der Waals surface area contributed by atoms with Gasteiger partial charge in [-0.15, -0.1) is 0 Å². The maximum atomic E-state index is 14.3. The standard InChI is InChI=1S/C23H25F2N3O5S/c1-12(2)15-7-6-13(3)20(10-15)33-23-27-19(11-32-23)22(29)26-14(4)16-8-17(24)21(18(25)9-16)28-34(5,30)31/h6-12,14,28H,1-5H3,(H,26,29). The lowest BCUT2D eigenvalue weighted by Gasteiger charge is -2.15. The predicted molar refractivity (Wildman–Crippen MR) is 123 cm³/mol. The van der Waals surface area contributed by atoms with Gasteiger partial charge in [-0.05, 0) is 54.7 Å². The fourth-order valence-electron chi connectivity index (χ4n) is 3.07. The van der Waals surface area contributed by atoms with Crippen molar-refractivity contribution in [2.45, 2.75) is 39.7 Å². The van der Waals surface area contributed by atoms with Crippen LogP contribution in [0.3, 0.4) is 0 Å². The van der Waals surface area contributed by atoms with Gasteiger partial charge >= 0.3 is 6.08 Å². The van der Waals surface area contributed by atoms with Crippen LogP contribution in [0.1, 0.15) is 59.9 Å². The van der Waals surface area contributed by atoms with Gasteiger partial charge in [0.1, 0.15) is 17.7 Å². The quantitative estimate of drug-likeness (QED) is 0.455. The van der Waals surface area contributed by atoms with Crippen LogP contribution >= 0.6 is 0 Å². The zero-order valence-corrected chi connectivity index (χ0v) is 20.1. The van der Waals surface area contributed by atoms with Crippen LogP contribution in [0.5, 0.6) is 11.8 Å². The number of amides is 1. The number of nitrogens with one attached hydrogen (secondary N) is 2. The van der Waals surface area contributed by atoms with Crippen molar-refractivity contribution in [3.8, 4) is 11.8 Å². The predicted octanol–water partition coefficient (Wildman–Crippen LogP) is 5.04. The van der Waals surface area contributed by atoms with Crippen molar-refractivity contribution in [2.75, 3.05) is 11.0 Å². The van der Waals surface area contributed by atoms with Gasteiger partial charge < -0.3 is 14.5 Å². The van der Waals surface area contributed by atoms with E-state index < -0.39 is 39.3 Å². The Morgan fingerprint density at radius 3 is 2.32 bits per heavy atom. The highest BCUT2D eigenvalue weighted by Crippen LogP contribution is 2.29. The summed E-state index contributed by atoms with van der Waals surface area (Å²) in [4.78, 5) is 16.6. The number of aryl methyl sites for hydroxylation is 1. The van der Waals surface area contributed by atoms with Gasteiger partial charge in [-0.25, -0.2) is 17.2 Å². The molecule has 0 aliphatic heterocycles. The summed E-state index contributed by atoms with van der Waals surface area (Å²) >= 11 is 0. The molecule has 0 saturated heterocycles. The second-order valence-corrected chi connectivity index (χ2v) is 9.96. The maximum Gasteiger partial charge on any atom is 0.399 e. The molecule has 3 rings (SSSR count). The molecule has 182 valence electrons. The van der Waals surface area contributed by atoms with Crippen molar-refractivity contribution in [2.24, 2.45) is 0 Å². The number of halogens is 2. The summed E-state index contributed by atoms with van der Waals surface area (Å²) in [7, 11) is -3.87. The minimum absolute atomic E-state index is 0.0866. The number of oxazole rings is 1. The number of hydrogen-bond donors (Lipinski definition) is 2. The molecule has 0 spiro atoms. The Kier molecular flexibility index (Phi) is 7.25. The Bertz CT molecular complexity index is 1300. The molecule has 0 aliphatic carbocycles. The van der Waals surface area contributed by atoms with Gasteiger partial charge in [-0.1, -0.05) is 26.0 Å². The number of sulfonamides is 1. The topological polar surface area (TPSA) is 111 Å². The van der Waals surface area contributed by atoms with Crippen LogP contribution < -0.4 is 14.8 Å². The van der Waals surface area contributed by atoms with Crippen LogP contribution in [-0.4, -0.2) is 25.6 Å². The highest BCUT2D eigenvalue weighted by Gasteiger charge is 2.21. The zero-order valence-electron chi connectivity index (χ0n) is 19.3. The highest BCUT2D eigenvalue weighted by atomic mass is 32.2. The van der Waals surface area contributed by atoms with Gasteiger partial charge in [-0.2, -0.15) is 4.98 Å². The fourth-order valence-corrected chi connectivity index (χ4v) is 3.63. The Morgan fingerprint density at radius 2 is 1.74 bits per heavy atom. The number of benzene rings is 2. The SMILES string of the molecule is Cc1ccc(C(C)C)cc1Oc1nc(C(=O)NC(C)c2cc(F)c(NS(C)(=O)=O)c(F)c2)co1. The molecule has 34 heavy (non-hydrogen) atoms. The van der Waals surface area contributed by atoms with E-state index >= 15 is 0 Å². The van der Waals surface area contributed by atoms with Gasteiger partial charge in [0, 0.05) is 0 Å². The number of carbonyl (C=O) groups is 1. The Hall–Kier alpha value is -3.47. The molecule has 0 radical (unpaired) electrons. The summed E-state index contributed by atoms with van der Waals surface area (Å²) in [6.45, 7) is 7.48. The number of aromatic nitrogens is 1. The molecule has 1 aromatic heterocycles. The first-order valence-corrected chi connectivity index (χ1v) is 12.2. The van der Waals surface area contributed by atoms with Crippen molar-refractivity contribution >= 4 is 21.6 Å². The van der Waals surface area contributed by atoms with Gasteiger partial charge in [-0.3, -0.25) is 9.52 Å². The molecular weight excluding hydrogens is 468 g/mol. The Morgan fingerprint density at radius 1 is 1.09 bits per heavy atom. The highest BCUT2D eigenvalue weighted by molar-refractivity contribution is 7.92. The average Bonchev–Trinajstić information content (AvgIpc) is 3.20. The van der Waals surface area contributed by atoms with Gasteiger partial charge in [0.15, 0.2) is 17.3 Å². The van der Waals surface area contributed by atoms with E-state index in [2.05, 4.69) is 24.1 Å². The summed E-state index contributed by atoms with van der Waals surface area (Å²) in [6, 6.07) is 6.83. The van der Waals surface area contributed by atoms with Crippen LogP contribution in [0, 0.1) is 18.6 Å². The van der Waals surface area contributed by atoms with Crippen molar-refractivity contribution in [1.82, 2.24) is 10.3 Å². The van der Waals surface area contributed by atoms with Crippen LogP contribution in [0.2, 0.25) is 0 Å². The number of ether oxygens (including phenoxy) is 1. The van der Waals surface area contributed by atoms with E-state index in [1.165, 1.54) is 6.92 Å². The molecule has 11 heteroatoms. The molecule has 0 saturated carbocycles.